The van der Waals surface area contributed by atoms with E-state index in [1.807, 2.05) is 6.92 Å². The third kappa shape index (κ3) is 3.75. The maximum absolute atomic E-state index is 12.6. The van der Waals surface area contributed by atoms with E-state index in [9.17, 15) is 9.59 Å². The van der Waals surface area contributed by atoms with Crippen molar-refractivity contribution in [1.82, 2.24) is 10.1 Å². The molecule has 1 aliphatic heterocycles. The van der Waals surface area contributed by atoms with Crippen LogP contribution in [0.5, 0.6) is 0 Å². The van der Waals surface area contributed by atoms with Gasteiger partial charge in [0.15, 0.2) is 6.61 Å². The average molecular weight is 377 g/mol. The zero-order chi connectivity index (χ0) is 18.7. The van der Waals surface area contributed by atoms with Crippen LogP contribution < -0.4 is 0 Å². The molecule has 2 aromatic rings. The van der Waals surface area contributed by atoms with Crippen molar-refractivity contribution in [3.05, 3.63) is 40.6 Å². The molecule has 26 heavy (non-hydrogen) atoms. The fraction of sp³-hybridized carbons (Fsp3) is 0.421. The molecule has 1 aromatic heterocycles. The van der Waals surface area contributed by atoms with E-state index in [1.165, 1.54) is 0 Å². The zero-order valence-electron chi connectivity index (χ0n) is 14.8. The number of carbonyl (C=O) groups is 2. The monoisotopic (exact) mass is 376 g/mol. The standard InChI is InChI=1S/C19H21ClN2O4/c1-12-7-5-6-10-22(12)16(23)11-25-19(24)17-13(2)26-21-18(17)14-8-3-4-9-15(14)20/h3-4,8-9,12H,5-7,10-11H2,1-2H3/t12-/m1/s1. The number of hydrogen-bond donors (Lipinski definition) is 0. The number of esters is 1. The van der Waals surface area contributed by atoms with Crippen LogP contribution in [0, 0.1) is 6.92 Å². The third-order valence-electron chi connectivity index (χ3n) is 4.65. The lowest BCUT2D eigenvalue weighted by Gasteiger charge is -2.33. The van der Waals surface area contributed by atoms with Gasteiger partial charge in [-0.05, 0) is 39.2 Å². The maximum Gasteiger partial charge on any atom is 0.344 e. The van der Waals surface area contributed by atoms with E-state index in [0.717, 1.165) is 19.3 Å². The second-order valence-corrected chi connectivity index (χ2v) is 6.86. The molecule has 7 heteroatoms. The topological polar surface area (TPSA) is 72.6 Å². The fourth-order valence-electron chi connectivity index (χ4n) is 3.20. The van der Waals surface area contributed by atoms with Gasteiger partial charge in [-0.2, -0.15) is 0 Å². The molecule has 138 valence electrons. The fourth-order valence-corrected chi connectivity index (χ4v) is 3.43. The number of piperidine rings is 1. The van der Waals surface area contributed by atoms with E-state index in [0.29, 0.717) is 28.6 Å². The number of carbonyl (C=O) groups excluding carboxylic acids is 2. The van der Waals surface area contributed by atoms with Gasteiger partial charge in [0.05, 0.1) is 5.02 Å². The highest BCUT2D eigenvalue weighted by atomic mass is 35.5. The van der Waals surface area contributed by atoms with Crippen LogP contribution in [0.2, 0.25) is 5.02 Å². The Kier molecular flexibility index (Phi) is 5.61. The first-order valence-corrected chi connectivity index (χ1v) is 9.04. The summed E-state index contributed by atoms with van der Waals surface area (Å²) in [5.74, 6) is -0.501. The summed E-state index contributed by atoms with van der Waals surface area (Å²) >= 11 is 6.20. The Morgan fingerprint density at radius 1 is 1.35 bits per heavy atom. The molecule has 6 nitrogen and oxygen atoms in total. The summed E-state index contributed by atoms with van der Waals surface area (Å²) in [6, 6.07) is 7.21. The molecule has 1 aromatic carbocycles. The van der Waals surface area contributed by atoms with E-state index >= 15 is 0 Å². The molecule has 0 radical (unpaired) electrons. The van der Waals surface area contributed by atoms with Crippen LogP contribution >= 0.6 is 11.6 Å². The van der Waals surface area contributed by atoms with Crippen molar-refractivity contribution in [3.63, 3.8) is 0 Å². The molecule has 3 rings (SSSR count). The number of benzene rings is 1. The van der Waals surface area contributed by atoms with Crippen LogP contribution in [0.4, 0.5) is 0 Å². The lowest BCUT2D eigenvalue weighted by Crippen LogP contribution is -2.44. The van der Waals surface area contributed by atoms with E-state index < -0.39 is 5.97 Å². The average Bonchev–Trinajstić information content (AvgIpc) is 3.01. The maximum atomic E-state index is 12.6. The molecule has 0 unspecified atom stereocenters. The van der Waals surface area contributed by atoms with Crippen LogP contribution in [0.15, 0.2) is 28.8 Å². The first kappa shape index (κ1) is 18.5. The van der Waals surface area contributed by atoms with Crippen LogP contribution in [-0.4, -0.2) is 41.1 Å². The second-order valence-electron chi connectivity index (χ2n) is 6.45. The Balaban J connectivity index is 1.74. The smallest absolute Gasteiger partial charge is 0.344 e. The molecule has 2 heterocycles. The van der Waals surface area contributed by atoms with Crippen molar-refractivity contribution in [3.8, 4) is 11.3 Å². The zero-order valence-corrected chi connectivity index (χ0v) is 15.6. The number of nitrogens with zero attached hydrogens (tertiary/aromatic N) is 2. The number of hydrogen-bond acceptors (Lipinski definition) is 5. The molecule has 1 saturated heterocycles. The summed E-state index contributed by atoms with van der Waals surface area (Å²) in [6.07, 6.45) is 3.07. The number of halogens is 1. The molecule has 1 atom stereocenters. The minimum absolute atomic E-state index is 0.172. The predicted octanol–water partition coefficient (Wildman–Crippen LogP) is 3.86. The number of rotatable bonds is 4. The van der Waals surface area contributed by atoms with Crippen LogP contribution in [0.25, 0.3) is 11.3 Å². The largest absolute Gasteiger partial charge is 0.452 e. The summed E-state index contributed by atoms with van der Waals surface area (Å²) in [6.45, 7) is 4.04. The first-order chi connectivity index (χ1) is 12.5. The lowest BCUT2D eigenvalue weighted by molar-refractivity contribution is -0.137. The highest BCUT2D eigenvalue weighted by Gasteiger charge is 2.27. The van der Waals surface area contributed by atoms with Gasteiger partial charge in [-0.1, -0.05) is 35.0 Å². The van der Waals surface area contributed by atoms with Gasteiger partial charge in [0.2, 0.25) is 0 Å². The molecule has 0 spiro atoms. The van der Waals surface area contributed by atoms with Gasteiger partial charge in [-0.25, -0.2) is 4.79 Å². The SMILES string of the molecule is Cc1onc(-c2ccccc2Cl)c1C(=O)OCC(=O)N1CCCC[C@H]1C. The highest BCUT2D eigenvalue weighted by Crippen LogP contribution is 2.31. The van der Waals surface area contributed by atoms with Gasteiger partial charge in [0.25, 0.3) is 5.91 Å². The van der Waals surface area contributed by atoms with E-state index in [4.69, 9.17) is 20.9 Å². The van der Waals surface area contributed by atoms with Gasteiger partial charge in [-0.3, -0.25) is 4.79 Å². The molecule has 1 fully saturated rings. The number of likely N-dealkylation sites (tertiary alicyclic amines) is 1. The summed E-state index contributed by atoms with van der Waals surface area (Å²) in [7, 11) is 0. The van der Waals surface area contributed by atoms with Gasteiger partial charge in [0.1, 0.15) is 17.0 Å². The Morgan fingerprint density at radius 3 is 2.85 bits per heavy atom. The minimum atomic E-state index is -0.642. The van der Waals surface area contributed by atoms with Gasteiger partial charge < -0.3 is 14.2 Å². The van der Waals surface area contributed by atoms with Gasteiger partial charge in [0, 0.05) is 18.2 Å². The van der Waals surface area contributed by atoms with Gasteiger partial charge >= 0.3 is 5.97 Å². The molecule has 0 aliphatic carbocycles. The summed E-state index contributed by atoms with van der Waals surface area (Å²) in [5, 5.41) is 4.39. The Bertz CT molecular complexity index is 818. The Hall–Kier alpha value is -2.34. The summed E-state index contributed by atoms with van der Waals surface area (Å²) in [4.78, 5) is 26.7. The minimum Gasteiger partial charge on any atom is -0.452 e. The van der Waals surface area contributed by atoms with Crippen molar-refractivity contribution in [1.29, 1.82) is 0 Å². The molecule has 1 amide bonds. The Morgan fingerprint density at radius 2 is 2.12 bits per heavy atom. The van der Waals surface area contributed by atoms with E-state index in [1.54, 1.807) is 36.1 Å². The quantitative estimate of drug-likeness (QED) is 0.757. The number of amides is 1. The van der Waals surface area contributed by atoms with Crippen LogP contribution in [0.3, 0.4) is 0 Å². The number of ether oxygens (including phenoxy) is 1. The normalized spacial score (nSPS) is 17.2. The number of aromatic nitrogens is 1. The second kappa shape index (κ2) is 7.91. The number of aryl methyl sites for hydroxylation is 1. The van der Waals surface area contributed by atoms with Crippen molar-refractivity contribution < 1.29 is 18.8 Å². The van der Waals surface area contributed by atoms with E-state index in [2.05, 4.69) is 5.16 Å². The van der Waals surface area contributed by atoms with Gasteiger partial charge in [-0.15, -0.1) is 0 Å². The highest BCUT2D eigenvalue weighted by molar-refractivity contribution is 6.33. The lowest BCUT2D eigenvalue weighted by atomic mass is 10.0. The summed E-state index contributed by atoms with van der Waals surface area (Å²) < 4.78 is 10.4. The molecular weight excluding hydrogens is 356 g/mol. The van der Waals surface area contributed by atoms with Crippen LogP contribution in [0.1, 0.15) is 42.3 Å². The predicted molar refractivity (Wildman–Crippen MR) is 97.0 cm³/mol. The molecule has 1 aliphatic rings. The van der Waals surface area contributed by atoms with Crippen LogP contribution in [-0.2, 0) is 9.53 Å². The molecular formula is C19H21ClN2O4. The summed E-state index contributed by atoms with van der Waals surface area (Å²) in [5.41, 5.74) is 1.09. The molecule has 0 bridgehead atoms. The Labute approximate surface area is 157 Å². The van der Waals surface area contributed by atoms with Crippen molar-refractivity contribution in [2.45, 2.75) is 39.2 Å². The first-order valence-electron chi connectivity index (χ1n) is 8.66. The third-order valence-corrected chi connectivity index (χ3v) is 4.98. The van der Waals surface area contributed by atoms with Crippen molar-refractivity contribution in [2.24, 2.45) is 0 Å². The van der Waals surface area contributed by atoms with E-state index in [-0.39, 0.29) is 24.1 Å². The molecule has 0 saturated carbocycles. The molecule has 0 N–H and O–H groups in total. The van der Waals surface area contributed by atoms with Crippen molar-refractivity contribution in [2.75, 3.05) is 13.2 Å². The van der Waals surface area contributed by atoms with Crippen molar-refractivity contribution >= 4 is 23.5 Å².